The van der Waals surface area contributed by atoms with E-state index in [4.69, 9.17) is 11.5 Å². The van der Waals surface area contributed by atoms with Crippen LogP contribution in [0.2, 0.25) is 0 Å². The third-order valence-corrected chi connectivity index (χ3v) is 3.35. The fourth-order valence-electron chi connectivity index (χ4n) is 1.60. The summed E-state index contributed by atoms with van der Waals surface area (Å²) < 4.78 is 0. The molecule has 0 aliphatic heterocycles. The standard InChI is InChI=1S/C13H22N2O/c1-4-13(2,3)9-5-6-12(16)10(7-9)11(15)8-14/h5-7,11,16H,4,8,14-15H2,1-3H3/t11-/m1/s1. The minimum atomic E-state index is -0.299. The largest absolute Gasteiger partial charge is 0.508 e. The van der Waals surface area contributed by atoms with Crippen molar-refractivity contribution in [3.8, 4) is 5.75 Å². The van der Waals surface area contributed by atoms with Crippen LogP contribution in [0.15, 0.2) is 18.2 Å². The predicted octanol–water partition coefficient (Wildman–Crippen LogP) is 2.04. The summed E-state index contributed by atoms with van der Waals surface area (Å²) in [4.78, 5) is 0. The van der Waals surface area contributed by atoms with Crippen LogP contribution >= 0.6 is 0 Å². The summed E-state index contributed by atoms with van der Waals surface area (Å²) in [6, 6.07) is 5.33. The summed E-state index contributed by atoms with van der Waals surface area (Å²) in [7, 11) is 0. The quantitative estimate of drug-likeness (QED) is 0.730. The molecule has 0 fully saturated rings. The van der Waals surface area contributed by atoms with Crippen LogP contribution in [-0.2, 0) is 5.41 Å². The van der Waals surface area contributed by atoms with Crippen molar-refractivity contribution in [3.63, 3.8) is 0 Å². The van der Waals surface area contributed by atoms with Gasteiger partial charge in [-0.25, -0.2) is 0 Å². The summed E-state index contributed by atoms with van der Waals surface area (Å²) in [5.41, 5.74) is 13.4. The van der Waals surface area contributed by atoms with Crippen molar-refractivity contribution in [1.82, 2.24) is 0 Å². The van der Waals surface area contributed by atoms with Crippen molar-refractivity contribution in [3.05, 3.63) is 29.3 Å². The lowest BCUT2D eigenvalue weighted by atomic mass is 9.81. The number of aromatic hydroxyl groups is 1. The predicted molar refractivity (Wildman–Crippen MR) is 67.4 cm³/mol. The van der Waals surface area contributed by atoms with E-state index in [0.29, 0.717) is 6.54 Å². The fourth-order valence-corrected chi connectivity index (χ4v) is 1.60. The monoisotopic (exact) mass is 222 g/mol. The maximum Gasteiger partial charge on any atom is 0.120 e. The molecule has 5 N–H and O–H groups in total. The van der Waals surface area contributed by atoms with Crippen LogP contribution in [0.5, 0.6) is 5.75 Å². The molecule has 0 aliphatic carbocycles. The van der Waals surface area contributed by atoms with E-state index in [1.165, 1.54) is 5.56 Å². The highest BCUT2D eigenvalue weighted by atomic mass is 16.3. The number of nitrogens with two attached hydrogens (primary N) is 2. The van der Waals surface area contributed by atoms with Crippen LogP contribution in [0.25, 0.3) is 0 Å². The van der Waals surface area contributed by atoms with E-state index in [0.717, 1.165) is 12.0 Å². The van der Waals surface area contributed by atoms with Crippen LogP contribution < -0.4 is 11.5 Å². The molecule has 0 bridgehead atoms. The lowest BCUT2D eigenvalue weighted by molar-refractivity contribution is 0.457. The van der Waals surface area contributed by atoms with Gasteiger partial charge in [0.15, 0.2) is 0 Å². The number of hydrogen-bond donors (Lipinski definition) is 3. The Hall–Kier alpha value is -1.06. The minimum absolute atomic E-state index is 0.0940. The molecule has 0 saturated heterocycles. The highest BCUT2D eigenvalue weighted by molar-refractivity contribution is 5.40. The van der Waals surface area contributed by atoms with Gasteiger partial charge in [0.2, 0.25) is 0 Å². The van der Waals surface area contributed by atoms with Gasteiger partial charge < -0.3 is 16.6 Å². The number of phenols is 1. The zero-order valence-corrected chi connectivity index (χ0v) is 10.3. The van der Waals surface area contributed by atoms with Crippen molar-refractivity contribution in [2.75, 3.05) is 6.54 Å². The van der Waals surface area contributed by atoms with Crippen molar-refractivity contribution >= 4 is 0 Å². The molecule has 0 spiro atoms. The molecule has 1 aromatic rings. The van der Waals surface area contributed by atoms with Crippen LogP contribution in [0.3, 0.4) is 0 Å². The molecule has 0 amide bonds. The second kappa shape index (κ2) is 4.85. The minimum Gasteiger partial charge on any atom is -0.508 e. The maximum absolute atomic E-state index is 9.74. The molecule has 90 valence electrons. The molecule has 16 heavy (non-hydrogen) atoms. The van der Waals surface area contributed by atoms with Crippen LogP contribution in [-0.4, -0.2) is 11.7 Å². The average Bonchev–Trinajstić information content (AvgIpc) is 2.28. The molecule has 0 aromatic heterocycles. The van der Waals surface area contributed by atoms with Gasteiger partial charge in [0.1, 0.15) is 5.75 Å². The van der Waals surface area contributed by atoms with Crippen LogP contribution in [0.1, 0.15) is 44.4 Å². The normalized spacial score (nSPS) is 13.8. The van der Waals surface area contributed by atoms with Gasteiger partial charge in [0.05, 0.1) is 0 Å². The zero-order valence-electron chi connectivity index (χ0n) is 10.3. The van der Waals surface area contributed by atoms with Gasteiger partial charge in [-0.05, 0) is 29.5 Å². The second-order valence-corrected chi connectivity index (χ2v) is 4.85. The molecule has 1 atom stereocenters. The Bertz CT molecular complexity index is 361. The first-order chi connectivity index (χ1) is 7.42. The molecule has 3 heteroatoms. The van der Waals surface area contributed by atoms with Gasteiger partial charge in [-0.15, -0.1) is 0 Å². The van der Waals surface area contributed by atoms with E-state index in [-0.39, 0.29) is 17.2 Å². The van der Waals surface area contributed by atoms with Gasteiger partial charge in [-0.1, -0.05) is 26.8 Å². The van der Waals surface area contributed by atoms with Gasteiger partial charge in [-0.3, -0.25) is 0 Å². The topological polar surface area (TPSA) is 72.3 Å². The third-order valence-electron chi connectivity index (χ3n) is 3.35. The zero-order chi connectivity index (χ0) is 12.3. The smallest absolute Gasteiger partial charge is 0.120 e. The Morgan fingerprint density at radius 3 is 2.50 bits per heavy atom. The van der Waals surface area contributed by atoms with Gasteiger partial charge >= 0.3 is 0 Å². The molecule has 1 rings (SSSR count). The molecule has 1 aromatic carbocycles. The Morgan fingerprint density at radius 2 is 2.00 bits per heavy atom. The summed E-state index contributed by atoms with van der Waals surface area (Å²) in [5.74, 6) is 0.230. The number of phenolic OH excluding ortho intramolecular Hbond substituents is 1. The van der Waals surface area contributed by atoms with Crippen molar-refractivity contribution in [1.29, 1.82) is 0 Å². The second-order valence-electron chi connectivity index (χ2n) is 4.85. The Labute approximate surface area is 97.5 Å². The van der Waals surface area contributed by atoms with Gasteiger partial charge in [0.25, 0.3) is 0 Å². The first-order valence-corrected chi connectivity index (χ1v) is 5.71. The molecular weight excluding hydrogens is 200 g/mol. The summed E-state index contributed by atoms with van der Waals surface area (Å²) in [5, 5.41) is 9.74. The maximum atomic E-state index is 9.74. The Balaban J connectivity index is 3.17. The Morgan fingerprint density at radius 1 is 1.38 bits per heavy atom. The third kappa shape index (κ3) is 2.54. The van der Waals surface area contributed by atoms with E-state index in [9.17, 15) is 5.11 Å². The molecule has 0 unspecified atom stereocenters. The van der Waals surface area contributed by atoms with Crippen LogP contribution in [0.4, 0.5) is 0 Å². The highest BCUT2D eigenvalue weighted by Gasteiger charge is 2.20. The number of rotatable bonds is 4. The molecule has 3 nitrogen and oxygen atoms in total. The molecular formula is C13H22N2O. The first kappa shape index (κ1) is 13.0. The SMILES string of the molecule is CCC(C)(C)c1ccc(O)c([C@H](N)CN)c1. The van der Waals surface area contributed by atoms with E-state index in [1.54, 1.807) is 6.07 Å². The van der Waals surface area contributed by atoms with Crippen molar-refractivity contribution in [2.45, 2.75) is 38.6 Å². The lowest BCUT2D eigenvalue weighted by Gasteiger charge is -2.25. The fraction of sp³-hybridized carbons (Fsp3) is 0.538. The average molecular weight is 222 g/mol. The van der Waals surface area contributed by atoms with Crippen molar-refractivity contribution in [2.24, 2.45) is 11.5 Å². The number of hydrogen-bond acceptors (Lipinski definition) is 3. The first-order valence-electron chi connectivity index (χ1n) is 5.71. The summed E-state index contributed by atoms with van der Waals surface area (Å²) in [6.45, 7) is 6.84. The van der Waals surface area contributed by atoms with Crippen LogP contribution in [0, 0.1) is 0 Å². The van der Waals surface area contributed by atoms with E-state index >= 15 is 0 Å². The van der Waals surface area contributed by atoms with E-state index < -0.39 is 0 Å². The number of benzene rings is 1. The summed E-state index contributed by atoms with van der Waals surface area (Å²) in [6.07, 6.45) is 1.04. The molecule has 0 saturated carbocycles. The van der Waals surface area contributed by atoms with E-state index in [1.807, 2.05) is 12.1 Å². The van der Waals surface area contributed by atoms with Crippen molar-refractivity contribution < 1.29 is 5.11 Å². The van der Waals surface area contributed by atoms with Gasteiger partial charge in [-0.2, -0.15) is 0 Å². The molecule has 0 aliphatic rings. The summed E-state index contributed by atoms with van der Waals surface area (Å²) >= 11 is 0. The molecule has 0 heterocycles. The Kier molecular flexibility index (Phi) is 3.94. The van der Waals surface area contributed by atoms with E-state index in [2.05, 4.69) is 20.8 Å². The van der Waals surface area contributed by atoms with Gasteiger partial charge in [0, 0.05) is 18.2 Å². The molecule has 0 radical (unpaired) electrons. The highest BCUT2D eigenvalue weighted by Crippen LogP contribution is 2.32. The lowest BCUT2D eigenvalue weighted by Crippen LogP contribution is -2.22.